The van der Waals surface area contributed by atoms with Crippen molar-refractivity contribution in [1.29, 1.82) is 0 Å². The number of nitrogens with one attached hydrogen (secondary N) is 1. The number of halogens is 2. The lowest BCUT2D eigenvalue weighted by atomic mass is 10.2. The van der Waals surface area contributed by atoms with E-state index in [1.54, 1.807) is 25.3 Å². The van der Waals surface area contributed by atoms with Crippen LogP contribution < -0.4 is 5.32 Å². The SMILES string of the molecule is COCCCCNC(=O)c1ccc(Cl)cc1Br. The third-order valence-electron chi connectivity index (χ3n) is 2.24. The number of carbonyl (C=O) groups excluding carboxylic acids is 1. The molecule has 17 heavy (non-hydrogen) atoms. The molecule has 0 saturated carbocycles. The molecule has 1 amide bonds. The number of rotatable bonds is 6. The van der Waals surface area contributed by atoms with Gasteiger partial charge in [-0.3, -0.25) is 4.79 Å². The number of amides is 1. The quantitative estimate of drug-likeness (QED) is 0.817. The lowest BCUT2D eigenvalue weighted by molar-refractivity contribution is 0.0950. The van der Waals surface area contributed by atoms with E-state index >= 15 is 0 Å². The number of benzene rings is 1. The van der Waals surface area contributed by atoms with Crippen molar-refractivity contribution in [2.45, 2.75) is 12.8 Å². The van der Waals surface area contributed by atoms with E-state index in [0.717, 1.165) is 19.4 Å². The van der Waals surface area contributed by atoms with E-state index in [1.165, 1.54) is 0 Å². The minimum absolute atomic E-state index is 0.0917. The number of hydrogen-bond donors (Lipinski definition) is 1. The molecular formula is C12H15BrClNO2. The van der Waals surface area contributed by atoms with E-state index in [9.17, 15) is 4.79 Å². The summed E-state index contributed by atoms with van der Waals surface area (Å²) >= 11 is 9.12. The predicted molar refractivity (Wildman–Crippen MR) is 72.6 cm³/mol. The van der Waals surface area contributed by atoms with Crippen LogP contribution in [0.2, 0.25) is 5.02 Å². The van der Waals surface area contributed by atoms with Crippen LogP contribution in [0.1, 0.15) is 23.2 Å². The van der Waals surface area contributed by atoms with Crippen molar-refractivity contribution in [3.8, 4) is 0 Å². The number of methoxy groups -OCH3 is 1. The zero-order valence-corrected chi connectivity index (χ0v) is 12.0. The number of hydrogen-bond acceptors (Lipinski definition) is 2. The third-order valence-corrected chi connectivity index (χ3v) is 3.13. The minimum atomic E-state index is -0.0917. The molecule has 1 aromatic carbocycles. The Hall–Kier alpha value is -0.580. The summed E-state index contributed by atoms with van der Waals surface area (Å²) in [6.45, 7) is 1.37. The van der Waals surface area contributed by atoms with Gasteiger partial charge in [-0.05, 0) is 47.0 Å². The van der Waals surface area contributed by atoms with E-state index in [-0.39, 0.29) is 5.91 Å². The first-order chi connectivity index (χ1) is 8.15. The van der Waals surface area contributed by atoms with Crippen molar-refractivity contribution < 1.29 is 9.53 Å². The van der Waals surface area contributed by atoms with Crippen molar-refractivity contribution in [3.05, 3.63) is 33.3 Å². The Kier molecular flexibility index (Phi) is 6.55. The smallest absolute Gasteiger partial charge is 0.252 e. The lowest BCUT2D eigenvalue weighted by Crippen LogP contribution is -2.24. The molecule has 94 valence electrons. The second-order valence-corrected chi connectivity index (χ2v) is 4.87. The standard InChI is InChI=1S/C12H15BrClNO2/c1-17-7-3-2-6-15-12(16)10-5-4-9(14)8-11(10)13/h4-5,8H,2-3,6-7H2,1H3,(H,15,16). The summed E-state index contributed by atoms with van der Waals surface area (Å²) in [5.74, 6) is -0.0917. The monoisotopic (exact) mass is 319 g/mol. The maximum Gasteiger partial charge on any atom is 0.252 e. The maximum atomic E-state index is 11.8. The number of carbonyl (C=O) groups is 1. The number of unbranched alkanes of at least 4 members (excludes halogenated alkanes) is 1. The largest absolute Gasteiger partial charge is 0.385 e. The highest BCUT2D eigenvalue weighted by molar-refractivity contribution is 9.10. The molecule has 0 spiro atoms. The highest BCUT2D eigenvalue weighted by Gasteiger charge is 2.09. The molecule has 0 radical (unpaired) electrons. The van der Waals surface area contributed by atoms with Gasteiger partial charge in [0, 0.05) is 29.8 Å². The molecule has 0 fully saturated rings. The van der Waals surface area contributed by atoms with E-state index in [4.69, 9.17) is 16.3 Å². The molecule has 0 aliphatic rings. The summed E-state index contributed by atoms with van der Waals surface area (Å²) in [6, 6.07) is 5.12. The molecule has 0 aliphatic carbocycles. The Bertz CT molecular complexity index is 385. The third kappa shape index (κ3) is 5.06. The normalized spacial score (nSPS) is 10.3. The molecule has 0 bridgehead atoms. The van der Waals surface area contributed by atoms with E-state index < -0.39 is 0 Å². The zero-order valence-electron chi connectivity index (χ0n) is 9.63. The van der Waals surface area contributed by atoms with E-state index in [2.05, 4.69) is 21.2 Å². The summed E-state index contributed by atoms with van der Waals surface area (Å²) in [5.41, 5.74) is 0.598. The van der Waals surface area contributed by atoms with Crippen molar-refractivity contribution >= 4 is 33.4 Å². The summed E-state index contributed by atoms with van der Waals surface area (Å²) in [5, 5.41) is 3.46. The first-order valence-electron chi connectivity index (χ1n) is 5.37. The van der Waals surface area contributed by atoms with Gasteiger partial charge < -0.3 is 10.1 Å². The molecule has 3 nitrogen and oxygen atoms in total. The topological polar surface area (TPSA) is 38.3 Å². The van der Waals surface area contributed by atoms with Crippen LogP contribution in [-0.4, -0.2) is 26.2 Å². The molecule has 0 unspecified atom stereocenters. The van der Waals surface area contributed by atoms with Gasteiger partial charge in [0.2, 0.25) is 0 Å². The zero-order chi connectivity index (χ0) is 12.7. The van der Waals surface area contributed by atoms with Gasteiger partial charge in [-0.1, -0.05) is 11.6 Å². The molecule has 0 heterocycles. The Labute approximate surface area is 115 Å². The fourth-order valence-electron chi connectivity index (χ4n) is 1.34. The van der Waals surface area contributed by atoms with Crippen molar-refractivity contribution in [2.24, 2.45) is 0 Å². The molecule has 1 N–H and O–H groups in total. The summed E-state index contributed by atoms with van der Waals surface area (Å²) < 4.78 is 5.64. The van der Waals surface area contributed by atoms with E-state index in [0.29, 0.717) is 21.6 Å². The summed E-state index contributed by atoms with van der Waals surface area (Å²) in [6.07, 6.45) is 1.85. The second kappa shape index (κ2) is 7.69. The molecule has 0 atom stereocenters. The predicted octanol–water partition coefficient (Wildman–Crippen LogP) is 3.26. The minimum Gasteiger partial charge on any atom is -0.385 e. The van der Waals surface area contributed by atoms with Gasteiger partial charge >= 0.3 is 0 Å². The first kappa shape index (κ1) is 14.5. The number of ether oxygens (including phenoxy) is 1. The second-order valence-electron chi connectivity index (χ2n) is 3.58. The first-order valence-corrected chi connectivity index (χ1v) is 6.54. The van der Waals surface area contributed by atoms with E-state index in [1.807, 2.05) is 0 Å². The van der Waals surface area contributed by atoms with Gasteiger partial charge in [-0.2, -0.15) is 0 Å². The van der Waals surface area contributed by atoms with Crippen LogP contribution >= 0.6 is 27.5 Å². The molecule has 0 saturated heterocycles. The van der Waals surface area contributed by atoms with Crippen LogP contribution in [0.15, 0.2) is 22.7 Å². The van der Waals surface area contributed by atoms with Crippen LogP contribution in [-0.2, 0) is 4.74 Å². The fourth-order valence-corrected chi connectivity index (χ4v) is 2.20. The average Bonchev–Trinajstić information content (AvgIpc) is 2.28. The van der Waals surface area contributed by atoms with Crippen LogP contribution in [0.5, 0.6) is 0 Å². The van der Waals surface area contributed by atoms with Gasteiger partial charge in [0.15, 0.2) is 0 Å². The highest BCUT2D eigenvalue weighted by Crippen LogP contribution is 2.21. The molecular weight excluding hydrogens is 305 g/mol. The lowest BCUT2D eigenvalue weighted by Gasteiger charge is -2.07. The summed E-state index contributed by atoms with van der Waals surface area (Å²) in [4.78, 5) is 11.8. The Morgan fingerprint density at radius 1 is 1.47 bits per heavy atom. The van der Waals surface area contributed by atoms with Gasteiger partial charge in [0.1, 0.15) is 0 Å². The molecule has 1 rings (SSSR count). The van der Waals surface area contributed by atoms with Crippen LogP contribution in [0.25, 0.3) is 0 Å². The Balaban J connectivity index is 2.42. The van der Waals surface area contributed by atoms with Crippen molar-refractivity contribution in [1.82, 2.24) is 5.32 Å². The summed E-state index contributed by atoms with van der Waals surface area (Å²) in [7, 11) is 1.67. The molecule has 5 heteroatoms. The highest BCUT2D eigenvalue weighted by atomic mass is 79.9. The van der Waals surface area contributed by atoms with Gasteiger partial charge in [0.05, 0.1) is 5.56 Å². The van der Waals surface area contributed by atoms with Crippen molar-refractivity contribution in [3.63, 3.8) is 0 Å². The maximum absolute atomic E-state index is 11.8. The average molecular weight is 321 g/mol. The van der Waals surface area contributed by atoms with Crippen molar-refractivity contribution in [2.75, 3.05) is 20.3 Å². The van der Waals surface area contributed by atoms with Gasteiger partial charge in [-0.15, -0.1) is 0 Å². The molecule has 0 aliphatic heterocycles. The fraction of sp³-hybridized carbons (Fsp3) is 0.417. The van der Waals surface area contributed by atoms with Gasteiger partial charge in [-0.25, -0.2) is 0 Å². The Morgan fingerprint density at radius 3 is 2.88 bits per heavy atom. The van der Waals surface area contributed by atoms with Crippen LogP contribution in [0.4, 0.5) is 0 Å². The van der Waals surface area contributed by atoms with Crippen LogP contribution in [0.3, 0.4) is 0 Å². The van der Waals surface area contributed by atoms with Crippen LogP contribution in [0, 0.1) is 0 Å². The Morgan fingerprint density at radius 2 is 2.24 bits per heavy atom. The van der Waals surface area contributed by atoms with Gasteiger partial charge in [0.25, 0.3) is 5.91 Å². The molecule has 1 aromatic rings. The molecule has 0 aromatic heterocycles.